The van der Waals surface area contributed by atoms with E-state index in [1.165, 1.54) is 0 Å². The fourth-order valence-corrected chi connectivity index (χ4v) is 3.92. The van der Waals surface area contributed by atoms with Crippen LogP contribution in [0.15, 0.2) is 36.5 Å². The molecule has 0 bridgehead atoms. The van der Waals surface area contributed by atoms with Crippen LogP contribution in [0.3, 0.4) is 0 Å². The van der Waals surface area contributed by atoms with Gasteiger partial charge >= 0.3 is 6.18 Å². The summed E-state index contributed by atoms with van der Waals surface area (Å²) in [5.74, 6) is 5.72. The molecule has 36 heavy (non-hydrogen) atoms. The molecule has 0 atom stereocenters. The van der Waals surface area contributed by atoms with Crippen LogP contribution in [-0.2, 0) is 23.2 Å². The number of alkyl halides is 3. The summed E-state index contributed by atoms with van der Waals surface area (Å²) in [5.41, 5.74) is 2.52. The highest BCUT2D eigenvalue weighted by Crippen LogP contribution is 2.25. The number of benzene rings is 1. The molecule has 10 heteroatoms. The first-order valence-corrected chi connectivity index (χ1v) is 11.6. The zero-order valence-electron chi connectivity index (χ0n) is 20.2. The van der Waals surface area contributed by atoms with Crippen molar-refractivity contribution in [2.75, 3.05) is 38.2 Å². The summed E-state index contributed by atoms with van der Waals surface area (Å²) in [4.78, 5) is 11.0. The van der Waals surface area contributed by atoms with Crippen LogP contribution in [-0.4, -0.2) is 58.5 Å². The maximum absolute atomic E-state index is 13.3. The van der Waals surface area contributed by atoms with E-state index < -0.39 is 18.1 Å². The molecular formula is C26H27F3N6O. The van der Waals surface area contributed by atoms with E-state index in [1.54, 1.807) is 38.2 Å². The number of hydrogen-bond donors (Lipinski definition) is 1. The molecule has 0 unspecified atom stereocenters. The predicted octanol–water partition coefficient (Wildman–Crippen LogP) is 4.09. The molecule has 0 radical (unpaired) electrons. The summed E-state index contributed by atoms with van der Waals surface area (Å²) in [6.45, 7) is 6.28. The van der Waals surface area contributed by atoms with E-state index in [0.717, 1.165) is 23.2 Å². The highest BCUT2D eigenvalue weighted by molar-refractivity contribution is 5.77. The van der Waals surface area contributed by atoms with Gasteiger partial charge in [-0.25, -0.2) is 4.98 Å². The lowest BCUT2D eigenvalue weighted by atomic mass is 9.91. The number of rotatable bonds is 6. The Labute approximate surface area is 207 Å². The zero-order chi connectivity index (χ0) is 25.8. The second kappa shape index (κ2) is 10.6. The maximum Gasteiger partial charge on any atom is 0.406 e. The van der Waals surface area contributed by atoms with Gasteiger partial charge in [0.15, 0.2) is 5.82 Å². The molecule has 2 aromatic heterocycles. The van der Waals surface area contributed by atoms with Crippen molar-refractivity contribution in [2.24, 2.45) is 0 Å². The molecule has 0 amide bonds. The molecule has 0 aliphatic carbocycles. The topological polar surface area (TPSA) is 79.0 Å². The Morgan fingerprint density at radius 1 is 1.14 bits per heavy atom. The van der Waals surface area contributed by atoms with Crippen molar-refractivity contribution in [3.8, 4) is 17.9 Å². The lowest BCUT2D eigenvalue weighted by Crippen LogP contribution is -2.35. The normalized spacial score (nSPS) is 14.8. The fraction of sp³-hybridized carbons (Fsp3) is 0.423. The molecule has 1 aliphatic heterocycles. The Bertz CT molecular complexity index is 1310. The summed E-state index contributed by atoms with van der Waals surface area (Å²) >= 11 is 0. The van der Waals surface area contributed by atoms with Gasteiger partial charge in [-0.05, 0) is 49.6 Å². The molecule has 1 N–H and O–H groups in total. The summed E-state index contributed by atoms with van der Waals surface area (Å²) in [5, 5.41) is 12.3. The summed E-state index contributed by atoms with van der Waals surface area (Å²) in [6, 6.07) is 11.1. The Kier molecular flexibility index (Phi) is 7.48. The fourth-order valence-electron chi connectivity index (χ4n) is 3.92. The quantitative estimate of drug-likeness (QED) is 0.518. The van der Waals surface area contributed by atoms with Gasteiger partial charge in [-0.1, -0.05) is 12.0 Å². The van der Waals surface area contributed by atoms with Gasteiger partial charge in [0.1, 0.15) is 6.54 Å². The molecule has 1 aliphatic rings. The molecule has 0 saturated carbocycles. The van der Waals surface area contributed by atoms with Crippen molar-refractivity contribution in [3.63, 3.8) is 0 Å². The summed E-state index contributed by atoms with van der Waals surface area (Å²) in [6.07, 6.45) is -2.80. The van der Waals surface area contributed by atoms with Gasteiger partial charge < -0.3 is 14.6 Å². The Balaban J connectivity index is 1.51. The average Bonchev–Trinajstić information content (AvgIpc) is 3.17. The van der Waals surface area contributed by atoms with Crippen LogP contribution in [0.25, 0.3) is 11.0 Å². The van der Waals surface area contributed by atoms with Gasteiger partial charge in [0.25, 0.3) is 0 Å². The molecule has 4 rings (SSSR count). The molecule has 1 saturated heterocycles. The van der Waals surface area contributed by atoms with Crippen LogP contribution in [0.1, 0.15) is 30.9 Å². The maximum atomic E-state index is 13.3. The number of nitrogens with zero attached hydrogens (tertiary/aromatic N) is 5. The second-order valence-corrected chi connectivity index (χ2v) is 9.17. The first kappa shape index (κ1) is 25.5. The minimum Gasteiger partial charge on any atom is -0.379 e. The number of aromatic nitrogens is 3. The lowest BCUT2D eigenvalue weighted by molar-refractivity contribution is -0.140. The Hall–Kier alpha value is -3.60. The first-order valence-electron chi connectivity index (χ1n) is 11.6. The molecule has 1 fully saturated rings. The van der Waals surface area contributed by atoms with E-state index in [4.69, 9.17) is 4.74 Å². The lowest BCUT2D eigenvalue weighted by Gasteiger charge is -2.26. The van der Waals surface area contributed by atoms with E-state index in [-0.39, 0.29) is 12.4 Å². The van der Waals surface area contributed by atoms with Crippen LogP contribution in [0.2, 0.25) is 0 Å². The molecule has 3 heterocycles. The summed E-state index contributed by atoms with van der Waals surface area (Å²) < 4.78 is 46.4. The van der Waals surface area contributed by atoms with Crippen molar-refractivity contribution in [1.82, 2.24) is 19.4 Å². The number of anilines is 1. The van der Waals surface area contributed by atoms with Gasteiger partial charge in [-0.2, -0.15) is 18.4 Å². The predicted molar refractivity (Wildman–Crippen MR) is 130 cm³/mol. The highest BCUT2D eigenvalue weighted by atomic mass is 19.4. The Morgan fingerprint density at radius 3 is 2.58 bits per heavy atom. The first-order chi connectivity index (χ1) is 17.1. The third-order valence-electron chi connectivity index (χ3n) is 5.92. The van der Waals surface area contributed by atoms with Crippen molar-refractivity contribution in [3.05, 3.63) is 53.6 Å². The van der Waals surface area contributed by atoms with E-state index >= 15 is 0 Å². The highest BCUT2D eigenvalue weighted by Gasteiger charge is 2.30. The number of nitrogens with one attached hydrogen (secondary N) is 1. The van der Waals surface area contributed by atoms with E-state index in [9.17, 15) is 18.4 Å². The minimum atomic E-state index is -4.40. The van der Waals surface area contributed by atoms with E-state index in [0.29, 0.717) is 42.2 Å². The largest absolute Gasteiger partial charge is 0.406 e. The number of ether oxygens (including phenoxy) is 1. The van der Waals surface area contributed by atoms with Crippen LogP contribution < -0.4 is 5.32 Å². The van der Waals surface area contributed by atoms with Crippen molar-refractivity contribution in [2.45, 2.75) is 38.5 Å². The zero-order valence-corrected chi connectivity index (χ0v) is 20.2. The van der Waals surface area contributed by atoms with Gasteiger partial charge in [0, 0.05) is 19.6 Å². The van der Waals surface area contributed by atoms with Crippen molar-refractivity contribution >= 4 is 16.7 Å². The number of fused-ring (bicyclic) bond motifs is 1. The van der Waals surface area contributed by atoms with Gasteiger partial charge in [0.2, 0.25) is 0 Å². The van der Waals surface area contributed by atoms with Crippen LogP contribution >= 0.6 is 0 Å². The Morgan fingerprint density at radius 2 is 1.92 bits per heavy atom. The van der Waals surface area contributed by atoms with Gasteiger partial charge in [-0.3, -0.25) is 9.88 Å². The van der Waals surface area contributed by atoms with Crippen molar-refractivity contribution < 1.29 is 17.9 Å². The molecule has 1 aromatic carbocycles. The third kappa shape index (κ3) is 6.34. The second-order valence-electron chi connectivity index (χ2n) is 9.17. The third-order valence-corrected chi connectivity index (χ3v) is 5.92. The summed E-state index contributed by atoms with van der Waals surface area (Å²) in [7, 11) is 0. The smallest absolute Gasteiger partial charge is 0.379 e. The minimum absolute atomic E-state index is 0.0666. The van der Waals surface area contributed by atoms with Gasteiger partial charge in [-0.15, -0.1) is 0 Å². The number of pyridine rings is 1. The van der Waals surface area contributed by atoms with Crippen LogP contribution in [0.5, 0.6) is 0 Å². The van der Waals surface area contributed by atoms with Crippen LogP contribution in [0.4, 0.5) is 18.9 Å². The monoisotopic (exact) mass is 496 g/mol. The number of halogens is 3. The molecule has 0 spiro atoms. The number of imidazole rings is 1. The number of nitriles is 1. The van der Waals surface area contributed by atoms with Gasteiger partial charge in [0.05, 0.1) is 59.9 Å². The number of morpholine rings is 1. The molecular weight excluding hydrogens is 469 g/mol. The SMILES string of the molecule is CC(C)(C#N)c1ccc(NCC#Cc2nc3cc(CN4CCOCC4)ccc3n2CC(F)(F)F)cn1. The van der Waals surface area contributed by atoms with E-state index in [2.05, 4.69) is 38.1 Å². The molecule has 7 nitrogen and oxygen atoms in total. The van der Waals surface area contributed by atoms with Crippen molar-refractivity contribution in [1.29, 1.82) is 5.26 Å². The van der Waals surface area contributed by atoms with E-state index in [1.807, 2.05) is 12.1 Å². The average molecular weight is 497 g/mol. The van der Waals surface area contributed by atoms with Crippen LogP contribution in [0, 0.1) is 23.2 Å². The molecule has 3 aromatic rings. The standard InChI is InChI=1S/C26H27F3N6O/c1-25(2,17-30)23-8-6-20(15-32-23)31-9-3-4-24-33-21-14-19(16-34-10-12-36-13-11-34)5-7-22(21)35(24)18-26(27,28)29/h5-8,14-15,31H,9-13,16,18H2,1-2H3. The molecule has 188 valence electrons. The number of hydrogen-bond acceptors (Lipinski definition) is 6.